The van der Waals surface area contributed by atoms with Gasteiger partial charge in [0.15, 0.2) is 5.69 Å². The quantitative estimate of drug-likeness (QED) is 0.0697. The summed E-state index contributed by atoms with van der Waals surface area (Å²) in [5.74, 6) is -7.31. The zero-order valence-corrected chi connectivity index (χ0v) is 36.5. The zero-order chi connectivity index (χ0) is 45.4. The molecule has 6 aromatic rings. The van der Waals surface area contributed by atoms with E-state index in [2.05, 4.69) is 0 Å². The second-order valence-electron chi connectivity index (χ2n) is 17.3. The second-order valence-corrected chi connectivity index (χ2v) is 18.8. The predicted molar refractivity (Wildman–Crippen MR) is 241 cm³/mol. The maximum absolute atomic E-state index is 15.5. The van der Waals surface area contributed by atoms with Crippen molar-refractivity contribution in [2.24, 2.45) is 36.1 Å². The van der Waals surface area contributed by atoms with Gasteiger partial charge in [0.2, 0.25) is 23.6 Å². The number of thiophene rings is 1. The van der Waals surface area contributed by atoms with Crippen LogP contribution in [0.15, 0.2) is 84.4 Å². The molecule has 2 aliphatic heterocycles. The lowest BCUT2D eigenvalue weighted by Crippen LogP contribution is -2.49. The molecule has 324 valence electrons. The molecule has 3 fully saturated rings. The van der Waals surface area contributed by atoms with Crippen LogP contribution in [-0.4, -0.2) is 62.5 Å². The Balaban J connectivity index is 1.11. The molecule has 10 rings (SSSR count). The highest BCUT2D eigenvalue weighted by Gasteiger charge is 2.68. The fourth-order valence-electron chi connectivity index (χ4n) is 11.1. The molecule has 4 heterocycles. The summed E-state index contributed by atoms with van der Waals surface area (Å²) < 4.78 is 2.48. The number of imide groups is 2. The van der Waals surface area contributed by atoms with Crippen LogP contribution in [0.25, 0.3) is 31.4 Å². The molecule has 1 N–H and O–H groups in total. The number of hydrogen-bond acceptors (Lipinski definition) is 12. The third-order valence-electron chi connectivity index (χ3n) is 13.9. The van der Waals surface area contributed by atoms with Gasteiger partial charge >= 0.3 is 11.4 Å². The number of halogens is 1. The van der Waals surface area contributed by atoms with Crippen molar-refractivity contribution in [1.29, 1.82) is 0 Å². The fourth-order valence-corrected chi connectivity index (χ4v) is 12.4. The van der Waals surface area contributed by atoms with Crippen LogP contribution in [-0.2, 0) is 26.2 Å². The zero-order valence-electron chi connectivity index (χ0n) is 34.9. The van der Waals surface area contributed by atoms with Gasteiger partial charge in [-0.15, -0.1) is 11.3 Å². The van der Waals surface area contributed by atoms with Crippen molar-refractivity contribution in [3.05, 3.63) is 121 Å². The number of phenolic OH excluding ortho intramolecular Hbond substituents is 1. The summed E-state index contributed by atoms with van der Waals surface area (Å²) in [6, 6.07) is 20.0. The van der Waals surface area contributed by atoms with Gasteiger partial charge in [-0.25, -0.2) is 9.80 Å². The topological polar surface area (TPSA) is 202 Å². The summed E-state index contributed by atoms with van der Waals surface area (Å²) in [6.07, 6.45) is 1.82. The molecule has 4 aliphatic rings. The first kappa shape index (κ1) is 41.1. The summed E-state index contributed by atoms with van der Waals surface area (Å²) in [4.78, 5) is 87.0. The number of anilines is 3. The molecule has 18 heteroatoms. The standard InChI is InChI=1S/C46H38ClN7O9S/c1-21-28-16-23(47)11-15-35(28)64-41(21)31-20-36(50(5)48-31)52-43(57)30-19-29-26(39(46(30,2)45(52)59)38-25-9-7-6-8-22(25)10-14-34(38)55)12-13-27-37(29)44(58)51(42(27)56)24-17-32(53(60)61)40(49(3)4)33(18-24)54(62)63/h6-12,14-18,20,27,29-30,37,39,55H,13,19H2,1-5H3/t27-,29+,30-,37-,39+,46+/m0/s1. The average molecular weight is 900 g/mol. The SMILES string of the molecule is Cc1c(-c2cc(N3C(=O)[C@@H]4C[C@@H]5C(=CC[C@@H]6C(=O)N(c7cc([N+](=O)[O-])c(N(C)C)c([N+](=O)[O-])c7)C(=O)[C@@H]65)[C@H](c5c(O)ccc6ccccc56)[C@]4(C)C3=O)n(C)n2)sc2ccc(Cl)cc12. The number of aryl methyl sites for hydroxylation is 2. The number of nitro benzene ring substituents is 2. The number of rotatable bonds is 7. The highest BCUT2D eigenvalue weighted by molar-refractivity contribution is 7.22. The predicted octanol–water partition coefficient (Wildman–Crippen LogP) is 8.44. The number of benzene rings is 4. The molecule has 16 nitrogen and oxygen atoms in total. The van der Waals surface area contributed by atoms with Gasteiger partial charge in [0.1, 0.15) is 17.3 Å². The number of amides is 4. The average Bonchev–Trinajstić information content (AvgIpc) is 3.93. The number of hydrogen-bond donors (Lipinski definition) is 1. The fraction of sp³-hybridized carbons (Fsp3) is 0.283. The molecule has 6 atom stereocenters. The third kappa shape index (κ3) is 5.62. The minimum Gasteiger partial charge on any atom is -0.508 e. The van der Waals surface area contributed by atoms with Crippen molar-refractivity contribution in [1.82, 2.24) is 9.78 Å². The molecular formula is C46H38ClN7O9S. The first-order chi connectivity index (χ1) is 30.4. The molecule has 1 saturated carbocycles. The monoisotopic (exact) mass is 899 g/mol. The van der Waals surface area contributed by atoms with Gasteiger partial charge < -0.3 is 10.0 Å². The summed E-state index contributed by atoms with van der Waals surface area (Å²) in [5.41, 5.74) is -0.987. The molecule has 4 aromatic carbocycles. The van der Waals surface area contributed by atoms with Crippen LogP contribution in [0.4, 0.5) is 28.6 Å². The van der Waals surface area contributed by atoms with E-state index in [1.165, 1.54) is 35.0 Å². The van der Waals surface area contributed by atoms with Crippen molar-refractivity contribution in [2.75, 3.05) is 28.8 Å². The van der Waals surface area contributed by atoms with E-state index in [1.807, 2.05) is 55.5 Å². The first-order valence-electron chi connectivity index (χ1n) is 20.5. The lowest BCUT2D eigenvalue weighted by atomic mass is 9.51. The van der Waals surface area contributed by atoms with Gasteiger partial charge in [0.05, 0.1) is 43.6 Å². The third-order valence-corrected chi connectivity index (χ3v) is 15.4. The first-order valence-corrected chi connectivity index (χ1v) is 21.7. The highest BCUT2D eigenvalue weighted by Crippen LogP contribution is 2.65. The molecule has 0 unspecified atom stereocenters. The smallest absolute Gasteiger partial charge is 0.301 e. The Hall–Kier alpha value is -6.98. The summed E-state index contributed by atoms with van der Waals surface area (Å²) >= 11 is 7.84. The second kappa shape index (κ2) is 14.3. The minimum absolute atomic E-state index is 0.0248. The van der Waals surface area contributed by atoms with Crippen LogP contribution in [0.2, 0.25) is 5.02 Å². The Kier molecular flexibility index (Phi) is 9.15. The minimum atomic E-state index is -1.52. The Morgan fingerprint density at radius 3 is 2.28 bits per heavy atom. The van der Waals surface area contributed by atoms with Crippen molar-refractivity contribution in [3.8, 4) is 16.3 Å². The van der Waals surface area contributed by atoms with Crippen molar-refractivity contribution in [3.63, 3.8) is 0 Å². The number of allylic oxidation sites excluding steroid dienone is 2. The largest absolute Gasteiger partial charge is 0.508 e. The van der Waals surface area contributed by atoms with Crippen LogP contribution in [0, 0.1) is 56.2 Å². The van der Waals surface area contributed by atoms with Crippen molar-refractivity contribution >= 4 is 96.0 Å². The number of fused-ring (bicyclic) bond motifs is 6. The van der Waals surface area contributed by atoms with E-state index in [0.717, 1.165) is 47.8 Å². The summed E-state index contributed by atoms with van der Waals surface area (Å²) in [5, 5.41) is 44.2. The number of phenols is 1. The number of nitrogens with zero attached hydrogens (tertiary/aromatic N) is 7. The van der Waals surface area contributed by atoms with Crippen molar-refractivity contribution in [2.45, 2.75) is 32.6 Å². The molecular weight excluding hydrogens is 862 g/mol. The number of aromatic hydroxyl groups is 1. The number of nitro groups is 2. The maximum Gasteiger partial charge on any atom is 0.301 e. The highest BCUT2D eigenvalue weighted by atomic mass is 35.5. The van der Waals surface area contributed by atoms with E-state index in [9.17, 15) is 34.9 Å². The van der Waals surface area contributed by atoms with Gasteiger partial charge in [-0.3, -0.25) is 44.1 Å². The van der Waals surface area contributed by atoms with Gasteiger partial charge in [0, 0.05) is 60.5 Å². The lowest BCUT2D eigenvalue weighted by molar-refractivity contribution is -0.392. The van der Waals surface area contributed by atoms with Crippen LogP contribution in [0.5, 0.6) is 5.75 Å². The molecule has 0 radical (unpaired) electrons. The number of aromatic nitrogens is 2. The molecule has 0 bridgehead atoms. The van der Waals surface area contributed by atoms with Crippen LogP contribution < -0.4 is 14.7 Å². The maximum atomic E-state index is 15.5. The molecule has 64 heavy (non-hydrogen) atoms. The van der Waals surface area contributed by atoms with Gasteiger partial charge in [-0.1, -0.05) is 53.6 Å². The molecule has 2 aromatic heterocycles. The Morgan fingerprint density at radius 2 is 1.59 bits per heavy atom. The summed E-state index contributed by atoms with van der Waals surface area (Å²) in [6.45, 7) is 3.69. The van der Waals surface area contributed by atoms with Crippen LogP contribution in [0.1, 0.15) is 36.8 Å². The van der Waals surface area contributed by atoms with Crippen LogP contribution >= 0.6 is 22.9 Å². The lowest BCUT2D eigenvalue weighted by Gasteiger charge is -2.49. The molecule has 0 spiro atoms. The van der Waals surface area contributed by atoms with E-state index >= 15 is 9.59 Å². The van der Waals surface area contributed by atoms with Gasteiger partial charge in [-0.05, 0) is 78.6 Å². The van der Waals surface area contributed by atoms with E-state index in [4.69, 9.17) is 16.7 Å². The van der Waals surface area contributed by atoms with E-state index in [0.29, 0.717) is 27.2 Å². The Morgan fingerprint density at radius 1 is 0.891 bits per heavy atom. The van der Waals surface area contributed by atoms with Gasteiger partial charge in [0.25, 0.3) is 0 Å². The number of carbonyl (C=O) groups excluding carboxylic acids is 4. The summed E-state index contributed by atoms with van der Waals surface area (Å²) in [7, 11) is 4.48. The molecule has 4 amide bonds. The van der Waals surface area contributed by atoms with E-state index in [-0.39, 0.29) is 35.8 Å². The molecule has 2 saturated heterocycles. The number of carbonyl (C=O) groups is 4. The van der Waals surface area contributed by atoms with E-state index in [1.54, 1.807) is 32.2 Å². The van der Waals surface area contributed by atoms with Gasteiger partial charge in [-0.2, -0.15) is 5.10 Å². The van der Waals surface area contributed by atoms with E-state index < -0.39 is 79.9 Å². The Labute approximate surface area is 373 Å². The van der Waals surface area contributed by atoms with Crippen molar-refractivity contribution < 1.29 is 34.1 Å². The Bertz CT molecular complexity index is 3140. The normalized spacial score (nSPS) is 24.0. The molecule has 2 aliphatic carbocycles. The van der Waals surface area contributed by atoms with Crippen LogP contribution in [0.3, 0.4) is 0 Å².